The maximum absolute atomic E-state index is 8.40. The summed E-state index contributed by atoms with van der Waals surface area (Å²) in [4.78, 5) is 8.25. The molecule has 0 aromatic rings. The molecule has 0 aliphatic rings. The van der Waals surface area contributed by atoms with E-state index in [1.54, 1.807) is 0 Å². The maximum atomic E-state index is 8.40. The van der Waals surface area contributed by atoms with Gasteiger partial charge in [0.15, 0.2) is 0 Å². The van der Waals surface area contributed by atoms with E-state index in [0.29, 0.717) is 0 Å². The van der Waals surface area contributed by atoms with Gasteiger partial charge in [-0.25, -0.2) is 0 Å². The van der Waals surface area contributed by atoms with Crippen LogP contribution in [0.5, 0.6) is 0 Å². The summed E-state index contributed by atoms with van der Waals surface area (Å²) in [6, 6.07) is 0. The first-order valence-corrected chi connectivity index (χ1v) is 1.77. The molecule has 0 unspecified atom stereocenters. The molecular weight excluding hydrogens is 145 g/mol. The van der Waals surface area contributed by atoms with E-state index in [4.69, 9.17) is 24.2 Å². The molecule has 0 N–H and O–H groups in total. The van der Waals surface area contributed by atoms with Crippen molar-refractivity contribution < 1.29 is 43.6 Å². The molecule has 8 heteroatoms. The quantitative estimate of drug-likeness (QED) is 0.197. The number of rotatable bonds is 0. The van der Waals surface area contributed by atoms with E-state index in [1.165, 1.54) is 0 Å². The van der Waals surface area contributed by atoms with E-state index < -0.39 is 14.4 Å². The van der Waals surface area contributed by atoms with Crippen molar-refractivity contribution in [3.63, 3.8) is 0 Å². The fourth-order valence-electron chi connectivity index (χ4n) is 0. The topological polar surface area (TPSA) is 100 Å². The van der Waals surface area contributed by atoms with Gasteiger partial charge >= 0.3 is 38.8 Å². The molecule has 0 heterocycles. The zero-order chi connectivity index (χ0) is 6.28. The molecule has 0 aromatic heterocycles. The zero-order valence-electron chi connectivity index (χ0n) is 3.99. The predicted octanol–water partition coefficient (Wildman–Crippen LogP) is -3.85. The first kappa shape index (κ1) is 15.7. The SMILES string of the molecule is O=[N+]([O-])[O-].O=[Si]=O.[Na+]. The molecule has 0 atom stereocenters. The minimum Gasteiger partial charge on any atom is -0.356 e. The van der Waals surface area contributed by atoms with Gasteiger partial charge in [-0.3, -0.25) is 8.92 Å². The van der Waals surface area contributed by atoms with Gasteiger partial charge in [-0.2, -0.15) is 0 Å². The van der Waals surface area contributed by atoms with E-state index in [9.17, 15) is 0 Å². The number of hydrogen-bond donors (Lipinski definition) is 0. The second-order valence-corrected chi connectivity index (χ2v) is 0.474. The fraction of sp³-hybridized carbons (Fsp3) is 0. The molecule has 0 aliphatic carbocycles. The van der Waals surface area contributed by atoms with Crippen molar-refractivity contribution in [1.82, 2.24) is 0 Å². The molecule has 0 bridgehead atoms. The monoisotopic (exact) mass is 145 g/mol. The van der Waals surface area contributed by atoms with Crippen molar-refractivity contribution in [2.75, 3.05) is 0 Å². The van der Waals surface area contributed by atoms with E-state index in [-0.39, 0.29) is 29.6 Å². The standard InChI is InChI=1S/NO3.Na.O2Si/c2-1(3)4;;1-3-2/q-1;+1;. The molecule has 0 aromatic carbocycles. The average Bonchev–Trinajstić information content (AvgIpc) is 1.33. The van der Waals surface area contributed by atoms with Crippen molar-refractivity contribution in [2.45, 2.75) is 0 Å². The molecule has 0 rings (SSSR count). The third kappa shape index (κ3) is 531000. The predicted molar refractivity (Wildman–Crippen MR) is 17.5 cm³/mol. The summed E-state index contributed by atoms with van der Waals surface area (Å²) in [5, 5.41) is 14.8. The van der Waals surface area contributed by atoms with Crippen LogP contribution in [-0.2, 0) is 8.92 Å². The van der Waals surface area contributed by atoms with Gasteiger partial charge in [-0.15, -0.1) is 0 Å². The molecule has 0 saturated heterocycles. The van der Waals surface area contributed by atoms with Crippen molar-refractivity contribution >= 4 is 9.29 Å². The summed E-state index contributed by atoms with van der Waals surface area (Å²) in [6.45, 7) is 0. The van der Waals surface area contributed by atoms with E-state index >= 15 is 0 Å². The summed E-state index contributed by atoms with van der Waals surface area (Å²) in [5.74, 6) is 0. The minimum absolute atomic E-state index is 0. The second kappa shape index (κ2) is 15.7. The van der Waals surface area contributed by atoms with Crippen LogP contribution in [-0.4, -0.2) is 14.4 Å². The van der Waals surface area contributed by atoms with Crippen LogP contribution < -0.4 is 29.6 Å². The van der Waals surface area contributed by atoms with Crippen molar-refractivity contribution in [3.05, 3.63) is 15.3 Å². The van der Waals surface area contributed by atoms with Gasteiger partial charge in [-0.05, 0) is 0 Å². The van der Waals surface area contributed by atoms with E-state index in [0.717, 1.165) is 0 Å². The van der Waals surface area contributed by atoms with Crippen LogP contribution in [0, 0.1) is 15.3 Å². The van der Waals surface area contributed by atoms with Gasteiger partial charge in [0.2, 0.25) is 0 Å². The Bertz CT molecular complexity index is 80.4. The summed E-state index contributed by atoms with van der Waals surface area (Å²) < 4.78 is 16.8. The van der Waals surface area contributed by atoms with Crippen LogP contribution in [0.1, 0.15) is 0 Å². The Morgan fingerprint density at radius 2 is 1.25 bits per heavy atom. The van der Waals surface area contributed by atoms with Crippen molar-refractivity contribution in [2.24, 2.45) is 0 Å². The van der Waals surface area contributed by atoms with E-state index in [1.807, 2.05) is 0 Å². The van der Waals surface area contributed by atoms with Crippen molar-refractivity contribution in [1.29, 1.82) is 0 Å². The Kier molecular flexibility index (Phi) is 30.9. The second-order valence-electron chi connectivity index (χ2n) is 0.307. The van der Waals surface area contributed by atoms with Crippen LogP contribution >= 0.6 is 0 Å². The normalized spacial score (nSPS) is 4.00. The Morgan fingerprint density at radius 1 is 1.25 bits per heavy atom. The Hall–Kier alpha value is 0.0169. The van der Waals surface area contributed by atoms with Gasteiger partial charge < -0.3 is 15.3 Å². The molecule has 40 valence electrons. The molecule has 0 radical (unpaired) electrons. The smallest absolute Gasteiger partial charge is 0.356 e. The van der Waals surface area contributed by atoms with Gasteiger partial charge in [0.1, 0.15) is 0 Å². The van der Waals surface area contributed by atoms with Crippen LogP contribution in [0.15, 0.2) is 0 Å². The number of nitrogens with zero attached hydrogens (tertiary/aromatic N) is 1. The summed E-state index contributed by atoms with van der Waals surface area (Å²) in [6.07, 6.45) is 0. The minimum atomic E-state index is -1.75. The van der Waals surface area contributed by atoms with Gasteiger partial charge in [-0.1, -0.05) is 0 Å². The average molecular weight is 145 g/mol. The first-order chi connectivity index (χ1) is 3.15. The van der Waals surface area contributed by atoms with Crippen LogP contribution in [0.4, 0.5) is 0 Å². The summed E-state index contributed by atoms with van der Waals surface area (Å²) >= 11 is 0. The molecular formula is NNaO5Si. The Balaban J connectivity index is -0.0000000575. The molecule has 0 fully saturated rings. The molecule has 0 spiro atoms. The molecule has 0 saturated carbocycles. The largest absolute Gasteiger partial charge is 1.00 e. The van der Waals surface area contributed by atoms with Gasteiger partial charge in [0, 0.05) is 0 Å². The molecule has 0 amide bonds. The maximum Gasteiger partial charge on any atom is 1.00 e. The Labute approximate surface area is 68.2 Å². The summed E-state index contributed by atoms with van der Waals surface area (Å²) in [5.41, 5.74) is 0. The summed E-state index contributed by atoms with van der Waals surface area (Å²) in [7, 11) is -1.42. The van der Waals surface area contributed by atoms with Gasteiger partial charge in [0.05, 0.1) is 5.09 Å². The number of hydrogen-bond acceptors (Lipinski definition) is 5. The zero-order valence-corrected chi connectivity index (χ0v) is 6.99. The van der Waals surface area contributed by atoms with E-state index in [2.05, 4.69) is 0 Å². The fourth-order valence-corrected chi connectivity index (χ4v) is 0. The third-order valence-corrected chi connectivity index (χ3v) is 0. The van der Waals surface area contributed by atoms with Crippen LogP contribution in [0.25, 0.3) is 0 Å². The third-order valence-electron chi connectivity index (χ3n) is 0. The van der Waals surface area contributed by atoms with Gasteiger partial charge in [0.25, 0.3) is 0 Å². The van der Waals surface area contributed by atoms with Crippen molar-refractivity contribution in [3.8, 4) is 0 Å². The first-order valence-electron chi connectivity index (χ1n) is 0.956. The molecule has 0 aliphatic heterocycles. The van der Waals surface area contributed by atoms with Crippen LogP contribution in [0.3, 0.4) is 0 Å². The van der Waals surface area contributed by atoms with Crippen LogP contribution in [0.2, 0.25) is 0 Å². The molecule has 6 nitrogen and oxygen atoms in total. The molecule has 8 heavy (non-hydrogen) atoms. The Morgan fingerprint density at radius 3 is 1.25 bits per heavy atom.